The number of halogens is 1. The predicted molar refractivity (Wildman–Crippen MR) is 77.2 cm³/mol. The van der Waals surface area contributed by atoms with E-state index >= 15 is 0 Å². The third-order valence-corrected chi connectivity index (χ3v) is 3.35. The van der Waals surface area contributed by atoms with Crippen LogP contribution in [0.1, 0.15) is 0 Å². The lowest BCUT2D eigenvalue weighted by Gasteiger charge is -2.26. The van der Waals surface area contributed by atoms with Gasteiger partial charge < -0.3 is 15.5 Å². The third kappa shape index (κ3) is 3.42. The second kappa shape index (κ2) is 6.14. The number of anilines is 1. The fraction of sp³-hybridized carbons (Fsp3) is 0.333. The third-order valence-electron chi connectivity index (χ3n) is 2.68. The van der Waals surface area contributed by atoms with Crippen molar-refractivity contribution < 1.29 is 9.59 Å². The molecule has 1 aromatic carbocycles. The summed E-state index contributed by atoms with van der Waals surface area (Å²) < 4.78 is 1.01. The molecule has 0 radical (unpaired) electrons. The number of nitrogens with zero attached hydrogens (tertiary/aromatic N) is 1. The Morgan fingerprint density at radius 3 is 2.67 bits per heavy atom. The van der Waals surface area contributed by atoms with Crippen molar-refractivity contribution in [1.82, 2.24) is 10.2 Å². The molecule has 1 heterocycles. The van der Waals surface area contributed by atoms with Crippen molar-refractivity contribution in [1.29, 1.82) is 0 Å². The number of rotatable bonds is 1. The first-order valence-corrected chi connectivity index (χ1v) is 6.81. The fourth-order valence-electron chi connectivity index (χ4n) is 1.76. The summed E-state index contributed by atoms with van der Waals surface area (Å²) in [6.07, 6.45) is 0. The van der Waals surface area contributed by atoms with Crippen molar-refractivity contribution in [2.45, 2.75) is 0 Å². The van der Waals surface area contributed by atoms with Crippen LogP contribution in [0.15, 0.2) is 24.3 Å². The van der Waals surface area contributed by atoms with Gasteiger partial charge in [0.05, 0.1) is 0 Å². The summed E-state index contributed by atoms with van der Waals surface area (Å²) in [6, 6.07) is 7.36. The molecule has 0 aromatic heterocycles. The number of hydrogen-bond donors (Lipinski definition) is 2. The van der Waals surface area contributed by atoms with Gasteiger partial charge in [-0.15, -0.1) is 0 Å². The molecular formula is C12H14IN3O2. The lowest BCUT2D eigenvalue weighted by atomic mass is 10.3. The maximum atomic E-state index is 11.9. The number of carbonyl (C=O) groups excluding carboxylic acids is 2. The van der Waals surface area contributed by atoms with Crippen LogP contribution in [-0.2, 0) is 9.59 Å². The summed E-state index contributed by atoms with van der Waals surface area (Å²) in [5.41, 5.74) is 0.649. The van der Waals surface area contributed by atoms with Gasteiger partial charge in [-0.3, -0.25) is 9.59 Å². The Bertz CT molecular complexity index is 458. The smallest absolute Gasteiger partial charge is 0.313 e. The zero-order valence-corrected chi connectivity index (χ0v) is 11.9. The predicted octanol–water partition coefficient (Wildman–Crippen LogP) is 0.661. The van der Waals surface area contributed by atoms with Crippen molar-refractivity contribution in [2.24, 2.45) is 0 Å². The first-order valence-electron chi connectivity index (χ1n) is 5.73. The summed E-state index contributed by atoms with van der Waals surface area (Å²) in [5, 5.41) is 5.76. The van der Waals surface area contributed by atoms with Crippen LogP contribution in [0.3, 0.4) is 0 Å². The summed E-state index contributed by atoms with van der Waals surface area (Å²) in [5.74, 6) is -1.03. The minimum atomic E-state index is -0.570. The molecule has 0 unspecified atom stereocenters. The van der Waals surface area contributed by atoms with Crippen LogP contribution >= 0.6 is 22.6 Å². The van der Waals surface area contributed by atoms with E-state index in [1.165, 1.54) is 0 Å². The quantitative estimate of drug-likeness (QED) is 0.572. The van der Waals surface area contributed by atoms with E-state index in [1.807, 2.05) is 18.2 Å². The zero-order chi connectivity index (χ0) is 13.0. The van der Waals surface area contributed by atoms with Gasteiger partial charge in [-0.2, -0.15) is 0 Å². The second-order valence-electron chi connectivity index (χ2n) is 4.01. The van der Waals surface area contributed by atoms with Crippen LogP contribution in [-0.4, -0.2) is 42.9 Å². The summed E-state index contributed by atoms with van der Waals surface area (Å²) >= 11 is 2.16. The van der Waals surface area contributed by atoms with Gasteiger partial charge in [0.25, 0.3) is 0 Å². The van der Waals surface area contributed by atoms with Crippen molar-refractivity contribution in [2.75, 3.05) is 31.5 Å². The topological polar surface area (TPSA) is 61.4 Å². The first-order chi connectivity index (χ1) is 8.66. The highest BCUT2D eigenvalue weighted by atomic mass is 127. The van der Waals surface area contributed by atoms with E-state index in [4.69, 9.17) is 0 Å². The Morgan fingerprint density at radius 2 is 2.00 bits per heavy atom. The van der Waals surface area contributed by atoms with Crippen LogP contribution in [0.25, 0.3) is 0 Å². The normalized spacial score (nSPS) is 15.3. The molecule has 5 nitrogen and oxygen atoms in total. The zero-order valence-electron chi connectivity index (χ0n) is 9.78. The van der Waals surface area contributed by atoms with Gasteiger partial charge in [-0.05, 0) is 40.8 Å². The maximum Gasteiger partial charge on any atom is 0.313 e. The number of carbonyl (C=O) groups is 2. The molecule has 1 aliphatic heterocycles. The van der Waals surface area contributed by atoms with Crippen LogP contribution in [0.2, 0.25) is 0 Å². The molecule has 96 valence electrons. The summed E-state index contributed by atoms with van der Waals surface area (Å²) in [7, 11) is 0. The van der Waals surface area contributed by atoms with E-state index in [9.17, 15) is 9.59 Å². The average molecular weight is 359 g/mol. The molecule has 0 atom stereocenters. The molecule has 0 aliphatic carbocycles. The molecule has 6 heteroatoms. The van der Waals surface area contributed by atoms with E-state index < -0.39 is 11.8 Å². The van der Waals surface area contributed by atoms with Crippen LogP contribution in [0, 0.1) is 3.57 Å². The molecule has 1 aromatic rings. The number of benzene rings is 1. The molecular weight excluding hydrogens is 345 g/mol. The summed E-state index contributed by atoms with van der Waals surface area (Å²) in [4.78, 5) is 25.2. The molecule has 1 aliphatic rings. The van der Waals surface area contributed by atoms with Gasteiger partial charge in [0.15, 0.2) is 0 Å². The van der Waals surface area contributed by atoms with Gasteiger partial charge in [0.2, 0.25) is 0 Å². The fourth-order valence-corrected chi connectivity index (χ4v) is 2.31. The number of amides is 2. The van der Waals surface area contributed by atoms with Crippen molar-refractivity contribution in [3.05, 3.63) is 27.8 Å². The largest absolute Gasteiger partial charge is 0.332 e. The highest BCUT2D eigenvalue weighted by Gasteiger charge is 2.23. The lowest BCUT2D eigenvalue weighted by Crippen LogP contribution is -2.49. The van der Waals surface area contributed by atoms with E-state index in [0.717, 1.165) is 16.7 Å². The molecule has 0 bridgehead atoms. The van der Waals surface area contributed by atoms with Gasteiger partial charge in [0, 0.05) is 35.4 Å². The Kier molecular flexibility index (Phi) is 4.54. The van der Waals surface area contributed by atoms with E-state index in [0.29, 0.717) is 18.8 Å². The molecule has 0 saturated carbocycles. The van der Waals surface area contributed by atoms with Gasteiger partial charge >= 0.3 is 11.8 Å². The van der Waals surface area contributed by atoms with Crippen molar-refractivity contribution in [3.8, 4) is 0 Å². The highest BCUT2D eigenvalue weighted by molar-refractivity contribution is 14.1. The Labute approximate surface area is 119 Å². The van der Waals surface area contributed by atoms with Crippen molar-refractivity contribution in [3.63, 3.8) is 0 Å². The lowest BCUT2D eigenvalue weighted by molar-refractivity contribution is -0.143. The van der Waals surface area contributed by atoms with Crippen LogP contribution < -0.4 is 10.6 Å². The SMILES string of the molecule is O=C(Nc1cccc(I)c1)C(=O)N1CCNCC1. The molecule has 2 amide bonds. The van der Waals surface area contributed by atoms with E-state index in [1.54, 1.807) is 11.0 Å². The molecule has 1 saturated heterocycles. The van der Waals surface area contributed by atoms with E-state index in [-0.39, 0.29) is 0 Å². The van der Waals surface area contributed by atoms with E-state index in [2.05, 4.69) is 33.2 Å². The Hall–Kier alpha value is -1.15. The van der Waals surface area contributed by atoms with Crippen LogP contribution in [0.5, 0.6) is 0 Å². The molecule has 2 N–H and O–H groups in total. The van der Waals surface area contributed by atoms with Gasteiger partial charge in [-0.1, -0.05) is 6.07 Å². The Morgan fingerprint density at radius 1 is 1.28 bits per heavy atom. The van der Waals surface area contributed by atoms with Gasteiger partial charge in [0.1, 0.15) is 0 Å². The monoisotopic (exact) mass is 359 g/mol. The molecule has 0 spiro atoms. The van der Waals surface area contributed by atoms with Crippen molar-refractivity contribution >= 4 is 40.1 Å². The minimum Gasteiger partial charge on any atom is -0.332 e. The molecule has 1 fully saturated rings. The standard InChI is InChI=1S/C12H14IN3O2/c13-9-2-1-3-10(8-9)15-11(17)12(18)16-6-4-14-5-7-16/h1-3,8,14H,4-7H2,(H,15,17). The minimum absolute atomic E-state index is 0.463. The van der Waals surface area contributed by atoms with Crippen LogP contribution in [0.4, 0.5) is 5.69 Å². The van der Waals surface area contributed by atoms with Gasteiger partial charge in [-0.25, -0.2) is 0 Å². The summed E-state index contributed by atoms with van der Waals surface area (Å²) in [6.45, 7) is 2.64. The maximum absolute atomic E-state index is 11.9. The average Bonchev–Trinajstić information content (AvgIpc) is 2.39. The Balaban J connectivity index is 1.96. The first kappa shape index (κ1) is 13.3. The number of hydrogen-bond acceptors (Lipinski definition) is 3. The highest BCUT2D eigenvalue weighted by Crippen LogP contribution is 2.12. The molecule has 2 rings (SSSR count). The number of nitrogens with one attached hydrogen (secondary N) is 2. The number of piperazine rings is 1. The second-order valence-corrected chi connectivity index (χ2v) is 5.25. The molecule has 18 heavy (non-hydrogen) atoms.